The summed E-state index contributed by atoms with van der Waals surface area (Å²) in [4.78, 5) is 0. The number of benzene rings is 1. The van der Waals surface area contributed by atoms with Crippen LogP contribution < -0.4 is 5.73 Å². The minimum atomic E-state index is -0.467. The molecule has 0 amide bonds. The maximum absolute atomic E-state index is 14.0. The Morgan fingerprint density at radius 1 is 1.53 bits per heavy atom. The molecule has 2 nitrogen and oxygen atoms in total. The molecule has 1 fully saturated rings. The van der Waals surface area contributed by atoms with Crippen molar-refractivity contribution in [2.75, 3.05) is 0 Å². The van der Waals surface area contributed by atoms with E-state index in [1.54, 1.807) is 12.1 Å². The third kappa shape index (κ3) is 2.65. The summed E-state index contributed by atoms with van der Waals surface area (Å²) in [6.45, 7) is 2.00. The molecule has 0 aromatic heterocycles. The predicted octanol–water partition coefficient (Wildman–Crippen LogP) is 3.81. The van der Waals surface area contributed by atoms with Crippen LogP contribution in [-0.4, -0.2) is 12.2 Å². The van der Waals surface area contributed by atoms with Gasteiger partial charge in [-0.05, 0) is 41.8 Å². The molecule has 3 atom stereocenters. The summed E-state index contributed by atoms with van der Waals surface area (Å²) >= 11 is 9.02. The Morgan fingerprint density at radius 3 is 2.82 bits per heavy atom. The predicted molar refractivity (Wildman–Crippen MR) is 69.6 cm³/mol. The topological polar surface area (TPSA) is 35.2 Å². The average Bonchev–Trinajstić information content (AvgIpc) is 2.72. The molecular formula is C12H14BrClFNO. The first-order valence-electron chi connectivity index (χ1n) is 5.55. The van der Waals surface area contributed by atoms with E-state index in [9.17, 15) is 4.39 Å². The summed E-state index contributed by atoms with van der Waals surface area (Å²) in [5.74, 6) is -0.461. The monoisotopic (exact) mass is 321 g/mol. The summed E-state index contributed by atoms with van der Waals surface area (Å²) in [5, 5.41) is 0.0731. The van der Waals surface area contributed by atoms with Gasteiger partial charge in [0, 0.05) is 10.0 Å². The van der Waals surface area contributed by atoms with Gasteiger partial charge in [-0.1, -0.05) is 17.7 Å². The third-order valence-corrected chi connectivity index (χ3v) is 4.35. The van der Waals surface area contributed by atoms with Gasteiger partial charge >= 0.3 is 0 Å². The van der Waals surface area contributed by atoms with Gasteiger partial charge in [-0.25, -0.2) is 4.39 Å². The Morgan fingerprint density at radius 2 is 2.24 bits per heavy atom. The molecule has 1 aromatic carbocycles. The van der Waals surface area contributed by atoms with Crippen LogP contribution in [0.2, 0.25) is 5.02 Å². The van der Waals surface area contributed by atoms with Crippen molar-refractivity contribution >= 4 is 27.5 Å². The Bertz CT molecular complexity index is 429. The Balaban J connectivity index is 2.25. The maximum Gasteiger partial charge on any atom is 0.147 e. The number of hydrogen-bond donors (Lipinski definition) is 1. The molecule has 1 aromatic rings. The van der Waals surface area contributed by atoms with Crippen molar-refractivity contribution < 1.29 is 9.13 Å². The van der Waals surface area contributed by atoms with Crippen LogP contribution in [0.1, 0.15) is 31.4 Å². The third-order valence-electron chi connectivity index (χ3n) is 3.09. The van der Waals surface area contributed by atoms with Gasteiger partial charge in [0.05, 0.1) is 23.3 Å². The maximum atomic E-state index is 14.0. The van der Waals surface area contributed by atoms with E-state index in [0.717, 1.165) is 12.8 Å². The van der Waals surface area contributed by atoms with Gasteiger partial charge in [-0.15, -0.1) is 0 Å². The van der Waals surface area contributed by atoms with Gasteiger partial charge in [0.1, 0.15) is 5.82 Å². The minimum Gasteiger partial charge on any atom is -0.373 e. The molecular weight excluding hydrogens is 308 g/mol. The summed E-state index contributed by atoms with van der Waals surface area (Å²) in [6, 6.07) is 2.90. The Labute approximate surface area is 113 Å². The highest BCUT2D eigenvalue weighted by Crippen LogP contribution is 2.34. The summed E-state index contributed by atoms with van der Waals surface area (Å²) in [6.07, 6.45) is 1.89. The molecule has 0 saturated carbocycles. The highest BCUT2D eigenvalue weighted by Gasteiger charge is 2.30. The minimum absolute atomic E-state index is 0.0731. The number of ether oxygens (including phenoxy) is 1. The molecule has 94 valence electrons. The van der Waals surface area contributed by atoms with Crippen LogP contribution in [-0.2, 0) is 4.74 Å². The molecule has 2 rings (SSSR count). The van der Waals surface area contributed by atoms with Crippen molar-refractivity contribution in [2.45, 2.75) is 38.0 Å². The van der Waals surface area contributed by atoms with Gasteiger partial charge in [0.25, 0.3) is 0 Å². The van der Waals surface area contributed by atoms with Crippen molar-refractivity contribution in [3.05, 3.63) is 33.0 Å². The normalized spacial score (nSPS) is 26.2. The second-order valence-electron chi connectivity index (χ2n) is 4.35. The van der Waals surface area contributed by atoms with E-state index in [2.05, 4.69) is 15.9 Å². The number of halogens is 3. The van der Waals surface area contributed by atoms with Gasteiger partial charge in [0.15, 0.2) is 0 Å². The van der Waals surface area contributed by atoms with Crippen LogP contribution in [0.4, 0.5) is 4.39 Å². The van der Waals surface area contributed by atoms with Gasteiger partial charge in [-0.2, -0.15) is 0 Å². The molecule has 1 saturated heterocycles. The second kappa shape index (κ2) is 5.22. The van der Waals surface area contributed by atoms with Crippen LogP contribution in [0.5, 0.6) is 0 Å². The molecule has 17 heavy (non-hydrogen) atoms. The molecule has 0 aliphatic carbocycles. The van der Waals surface area contributed by atoms with E-state index in [0.29, 0.717) is 10.0 Å². The van der Waals surface area contributed by atoms with Gasteiger partial charge in [0.2, 0.25) is 0 Å². The summed E-state index contributed by atoms with van der Waals surface area (Å²) < 4.78 is 20.2. The highest BCUT2D eigenvalue weighted by molar-refractivity contribution is 9.10. The molecule has 0 spiro atoms. The first kappa shape index (κ1) is 13.3. The fraction of sp³-hybridized carbons (Fsp3) is 0.500. The van der Waals surface area contributed by atoms with E-state index in [-0.39, 0.29) is 17.2 Å². The lowest BCUT2D eigenvalue weighted by Gasteiger charge is -2.21. The zero-order chi connectivity index (χ0) is 12.6. The van der Waals surface area contributed by atoms with Crippen LogP contribution in [0.15, 0.2) is 16.6 Å². The fourth-order valence-corrected chi connectivity index (χ4v) is 2.57. The number of hydrogen-bond acceptors (Lipinski definition) is 2. The number of nitrogens with two attached hydrogens (primary N) is 1. The standard InChI is InChI=1S/C12H14BrClFNO/c1-6-2-5-9(17-6)12(16)7-3-4-8(13)10(14)11(7)15/h3-4,6,9,12H,2,5,16H2,1H3. The lowest BCUT2D eigenvalue weighted by Crippen LogP contribution is -2.27. The van der Waals surface area contributed by atoms with Crippen molar-refractivity contribution in [1.82, 2.24) is 0 Å². The molecule has 1 aliphatic rings. The fourth-order valence-electron chi connectivity index (χ4n) is 2.10. The molecule has 2 N–H and O–H groups in total. The van der Waals surface area contributed by atoms with Crippen molar-refractivity contribution in [2.24, 2.45) is 5.73 Å². The Hall–Kier alpha value is -0.160. The SMILES string of the molecule is CC1CCC(C(N)c2ccc(Br)c(Cl)c2F)O1. The quantitative estimate of drug-likeness (QED) is 0.840. The second-order valence-corrected chi connectivity index (χ2v) is 5.59. The van der Waals surface area contributed by atoms with Gasteiger partial charge < -0.3 is 10.5 Å². The zero-order valence-corrected chi connectivity index (χ0v) is 11.8. The van der Waals surface area contributed by atoms with E-state index in [1.165, 1.54) is 0 Å². The van der Waals surface area contributed by atoms with Crippen molar-refractivity contribution in [3.8, 4) is 0 Å². The van der Waals surface area contributed by atoms with Crippen LogP contribution in [0.25, 0.3) is 0 Å². The lowest BCUT2D eigenvalue weighted by atomic mass is 9.99. The number of rotatable bonds is 2. The smallest absolute Gasteiger partial charge is 0.147 e. The molecule has 0 radical (unpaired) electrons. The molecule has 0 bridgehead atoms. The van der Waals surface area contributed by atoms with Crippen molar-refractivity contribution in [3.63, 3.8) is 0 Å². The van der Waals surface area contributed by atoms with E-state index in [1.807, 2.05) is 6.92 Å². The van der Waals surface area contributed by atoms with E-state index >= 15 is 0 Å². The van der Waals surface area contributed by atoms with E-state index < -0.39 is 11.9 Å². The van der Waals surface area contributed by atoms with Gasteiger partial charge in [-0.3, -0.25) is 0 Å². The van der Waals surface area contributed by atoms with Crippen molar-refractivity contribution in [1.29, 1.82) is 0 Å². The largest absolute Gasteiger partial charge is 0.373 e. The van der Waals surface area contributed by atoms with Crippen LogP contribution >= 0.6 is 27.5 Å². The molecule has 1 aliphatic heterocycles. The molecule has 1 heterocycles. The molecule has 3 unspecified atom stereocenters. The average molecular weight is 323 g/mol. The Kier molecular flexibility index (Phi) is 4.08. The van der Waals surface area contributed by atoms with E-state index in [4.69, 9.17) is 22.1 Å². The van der Waals surface area contributed by atoms with Crippen LogP contribution in [0.3, 0.4) is 0 Å². The molecule has 5 heteroatoms. The zero-order valence-electron chi connectivity index (χ0n) is 9.42. The lowest BCUT2D eigenvalue weighted by molar-refractivity contribution is 0.0394. The van der Waals surface area contributed by atoms with Crippen LogP contribution in [0, 0.1) is 5.82 Å². The summed E-state index contributed by atoms with van der Waals surface area (Å²) in [5.41, 5.74) is 6.46. The first-order valence-corrected chi connectivity index (χ1v) is 6.72. The first-order chi connectivity index (χ1) is 8.00. The summed E-state index contributed by atoms with van der Waals surface area (Å²) in [7, 11) is 0. The highest BCUT2D eigenvalue weighted by atomic mass is 79.9.